The molecular weight excluding hydrogens is 433 g/mol. The van der Waals surface area contributed by atoms with E-state index in [-0.39, 0.29) is 18.7 Å². The van der Waals surface area contributed by atoms with Crippen LogP contribution in [0, 0.1) is 0 Å². The van der Waals surface area contributed by atoms with Crippen molar-refractivity contribution in [2.24, 2.45) is 0 Å². The molecule has 0 atom stereocenters. The van der Waals surface area contributed by atoms with Crippen molar-refractivity contribution >= 4 is 39.4 Å². The summed E-state index contributed by atoms with van der Waals surface area (Å²) in [7, 11) is 0. The number of benzene rings is 3. The van der Waals surface area contributed by atoms with Gasteiger partial charge in [0.15, 0.2) is 0 Å². The molecule has 4 aromatic rings. The molecule has 1 aromatic heterocycles. The lowest BCUT2D eigenvalue weighted by atomic mass is 10.1. The minimum Gasteiger partial charge on any atom is -0.508 e. The van der Waals surface area contributed by atoms with Gasteiger partial charge in [0.05, 0.1) is 10.2 Å². The normalized spacial score (nSPS) is 12.0. The summed E-state index contributed by atoms with van der Waals surface area (Å²) in [6, 6.07) is 20.8. The second kappa shape index (κ2) is 9.44. The molecule has 0 unspecified atom stereocenters. The maximum Gasteiger partial charge on any atom is 0.389 e. The molecule has 0 aliphatic rings. The average molecular weight is 455 g/mol. The third-order valence-electron chi connectivity index (χ3n) is 4.87. The molecule has 7 heteroatoms. The van der Waals surface area contributed by atoms with E-state index in [1.54, 1.807) is 12.1 Å². The van der Waals surface area contributed by atoms with Crippen molar-refractivity contribution in [3.8, 4) is 16.3 Å². The molecule has 2 N–H and O–H groups in total. The van der Waals surface area contributed by atoms with Gasteiger partial charge < -0.3 is 10.4 Å². The number of thiazole rings is 1. The smallest absolute Gasteiger partial charge is 0.389 e. The molecule has 3 aromatic carbocycles. The van der Waals surface area contributed by atoms with Crippen LogP contribution in [0.5, 0.6) is 5.75 Å². The molecule has 0 saturated heterocycles. The first-order valence-corrected chi connectivity index (χ1v) is 11.0. The number of hydrogen-bond donors (Lipinski definition) is 2. The van der Waals surface area contributed by atoms with E-state index in [1.807, 2.05) is 66.7 Å². The van der Waals surface area contributed by atoms with E-state index in [0.717, 1.165) is 37.6 Å². The highest BCUT2D eigenvalue weighted by atomic mass is 32.1. The zero-order valence-electron chi connectivity index (χ0n) is 17.1. The summed E-state index contributed by atoms with van der Waals surface area (Å²) in [5.74, 6) is 0.235. The van der Waals surface area contributed by atoms with Crippen LogP contribution in [-0.2, 0) is 0 Å². The molecule has 1 heterocycles. The Hall–Kier alpha value is -3.32. The van der Waals surface area contributed by atoms with Crippen LogP contribution in [0.4, 0.5) is 18.9 Å². The summed E-state index contributed by atoms with van der Waals surface area (Å²) in [5, 5.41) is 13.5. The first kappa shape index (κ1) is 21.9. The zero-order valence-corrected chi connectivity index (χ0v) is 17.9. The van der Waals surface area contributed by atoms with Gasteiger partial charge in [0.25, 0.3) is 0 Å². The van der Waals surface area contributed by atoms with E-state index in [9.17, 15) is 18.3 Å². The van der Waals surface area contributed by atoms with Crippen LogP contribution in [0.3, 0.4) is 0 Å². The van der Waals surface area contributed by atoms with Crippen molar-refractivity contribution in [1.82, 2.24) is 4.98 Å². The Bertz CT molecular complexity index is 1210. The van der Waals surface area contributed by atoms with E-state index in [4.69, 9.17) is 0 Å². The fraction of sp³-hybridized carbons (Fsp3) is 0.160. The lowest BCUT2D eigenvalue weighted by molar-refractivity contribution is -0.134. The molecule has 0 radical (unpaired) electrons. The van der Waals surface area contributed by atoms with Crippen LogP contribution in [-0.4, -0.2) is 22.8 Å². The van der Waals surface area contributed by atoms with Gasteiger partial charge in [0, 0.05) is 24.2 Å². The first-order valence-electron chi connectivity index (χ1n) is 10.1. The van der Waals surface area contributed by atoms with E-state index >= 15 is 0 Å². The van der Waals surface area contributed by atoms with Crippen LogP contribution < -0.4 is 5.32 Å². The number of hydrogen-bond acceptors (Lipinski definition) is 4. The number of phenolic OH excluding ortho intramolecular Hbond substituents is 1. The van der Waals surface area contributed by atoms with Gasteiger partial charge in [0.2, 0.25) is 0 Å². The van der Waals surface area contributed by atoms with E-state index < -0.39 is 12.6 Å². The van der Waals surface area contributed by atoms with Crippen LogP contribution in [0.1, 0.15) is 24.0 Å². The Balaban J connectivity index is 1.35. The molecule has 0 saturated carbocycles. The minimum atomic E-state index is -4.10. The van der Waals surface area contributed by atoms with Crippen molar-refractivity contribution in [2.75, 3.05) is 11.9 Å². The summed E-state index contributed by atoms with van der Waals surface area (Å²) in [6.45, 7) is 0.289. The number of nitrogens with zero attached hydrogens (tertiary/aromatic N) is 1. The molecule has 164 valence electrons. The van der Waals surface area contributed by atoms with E-state index in [1.165, 1.54) is 11.3 Å². The third-order valence-corrected chi connectivity index (χ3v) is 5.94. The second-order valence-electron chi connectivity index (χ2n) is 7.39. The Labute approximate surface area is 187 Å². The van der Waals surface area contributed by atoms with Gasteiger partial charge in [-0.1, -0.05) is 48.6 Å². The molecular formula is C25H21F3N2OS. The summed E-state index contributed by atoms with van der Waals surface area (Å²) in [4.78, 5) is 4.62. The van der Waals surface area contributed by atoms with Gasteiger partial charge in [-0.25, -0.2) is 4.98 Å². The summed E-state index contributed by atoms with van der Waals surface area (Å²) < 4.78 is 37.5. The fourth-order valence-electron chi connectivity index (χ4n) is 3.20. The number of rotatable bonds is 7. The van der Waals surface area contributed by atoms with Crippen LogP contribution in [0.2, 0.25) is 0 Å². The second-order valence-corrected chi connectivity index (χ2v) is 8.42. The van der Waals surface area contributed by atoms with Crippen molar-refractivity contribution in [1.29, 1.82) is 0 Å². The summed E-state index contributed by atoms with van der Waals surface area (Å²) >= 11 is 1.54. The fourth-order valence-corrected chi connectivity index (χ4v) is 4.20. The lowest BCUT2D eigenvalue weighted by Crippen LogP contribution is -2.10. The summed E-state index contributed by atoms with van der Waals surface area (Å²) in [5.41, 5.74) is 4.73. The Kier molecular flexibility index (Phi) is 6.46. The van der Waals surface area contributed by atoms with Crippen LogP contribution in [0.15, 0.2) is 66.7 Å². The molecule has 4 rings (SSSR count). The van der Waals surface area contributed by atoms with Crippen molar-refractivity contribution in [2.45, 2.75) is 19.0 Å². The van der Waals surface area contributed by atoms with Crippen LogP contribution in [0.25, 0.3) is 32.9 Å². The molecule has 0 bridgehead atoms. The highest BCUT2D eigenvalue weighted by molar-refractivity contribution is 7.21. The number of fused-ring (bicyclic) bond motifs is 1. The predicted molar refractivity (Wildman–Crippen MR) is 126 cm³/mol. The predicted octanol–water partition coefficient (Wildman–Crippen LogP) is 7.59. The van der Waals surface area contributed by atoms with E-state index in [0.29, 0.717) is 0 Å². The van der Waals surface area contributed by atoms with Gasteiger partial charge in [-0.05, 0) is 47.9 Å². The van der Waals surface area contributed by atoms with Crippen molar-refractivity contribution < 1.29 is 18.3 Å². The van der Waals surface area contributed by atoms with Gasteiger partial charge in [0.1, 0.15) is 10.8 Å². The van der Waals surface area contributed by atoms with Crippen molar-refractivity contribution in [3.05, 3.63) is 77.9 Å². The number of alkyl halides is 3. The molecule has 32 heavy (non-hydrogen) atoms. The van der Waals surface area contributed by atoms with Gasteiger partial charge in [-0.15, -0.1) is 11.3 Å². The lowest BCUT2D eigenvalue weighted by Gasteiger charge is -2.08. The number of aromatic hydroxyl groups is 1. The standard InChI is InChI=1S/C25H21F3N2OS/c26-25(27,28)14-1-15-29-20-10-6-18(7-11-20)3-2-17-4-8-19(9-5-17)24-30-22-13-12-21(31)16-23(22)32-24/h2-13,16,29,31H,1,14-15H2/b3-2+. The van der Waals surface area contributed by atoms with E-state index in [2.05, 4.69) is 10.3 Å². The third kappa shape index (κ3) is 5.88. The monoisotopic (exact) mass is 454 g/mol. The van der Waals surface area contributed by atoms with Crippen LogP contribution >= 0.6 is 11.3 Å². The maximum absolute atomic E-state index is 12.2. The number of nitrogens with one attached hydrogen (secondary N) is 1. The Morgan fingerprint density at radius 1 is 0.906 bits per heavy atom. The highest BCUT2D eigenvalue weighted by Gasteiger charge is 2.25. The molecule has 0 fully saturated rings. The number of halogens is 3. The highest BCUT2D eigenvalue weighted by Crippen LogP contribution is 2.32. The molecule has 3 nitrogen and oxygen atoms in total. The SMILES string of the molecule is Oc1ccc2nc(-c3ccc(/C=C/c4ccc(NCCCC(F)(F)F)cc4)cc3)sc2c1. The molecule has 0 aliphatic carbocycles. The largest absolute Gasteiger partial charge is 0.508 e. The number of aromatic nitrogens is 1. The number of anilines is 1. The topological polar surface area (TPSA) is 45.2 Å². The van der Waals surface area contributed by atoms with Crippen molar-refractivity contribution in [3.63, 3.8) is 0 Å². The minimum absolute atomic E-state index is 0.0562. The molecule has 0 aliphatic heterocycles. The maximum atomic E-state index is 12.2. The Morgan fingerprint density at radius 2 is 1.56 bits per heavy atom. The Morgan fingerprint density at radius 3 is 2.22 bits per heavy atom. The van der Waals surface area contributed by atoms with Gasteiger partial charge >= 0.3 is 6.18 Å². The van der Waals surface area contributed by atoms with Gasteiger partial charge in [-0.3, -0.25) is 0 Å². The summed E-state index contributed by atoms with van der Waals surface area (Å²) in [6.07, 6.45) is -0.829. The number of phenols is 1. The quantitative estimate of drug-likeness (QED) is 0.223. The average Bonchev–Trinajstić information content (AvgIpc) is 3.19. The van der Waals surface area contributed by atoms with Gasteiger partial charge in [-0.2, -0.15) is 13.2 Å². The first-order chi connectivity index (χ1) is 15.4. The zero-order chi connectivity index (χ0) is 22.6. The molecule has 0 amide bonds. The molecule has 0 spiro atoms.